The number of anilines is 2. The third-order valence-electron chi connectivity index (χ3n) is 3.97. The first-order valence-corrected chi connectivity index (χ1v) is 7.84. The van der Waals surface area contributed by atoms with Gasteiger partial charge in [-0.15, -0.1) is 0 Å². The molecule has 26 heavy (non-hydrogen) atoms. The normalized spacial score (nSPS) is 10.7. The standard InChI is InChI=1S/C18H14N8/c19-8-14-7-12(5-6-22-14)16-15-9-23-26(17(15)25-18(21)24-16)10-11-1-3-13(20)4-2-11/h1-7,9H,10,20H2,(H2,21,24,25). The van der Waals surface area contributed by atoms with Crippen molar-refractivity contribution in [3.05, 3.63) is 60.0 Å². The van der Waals surface area contributed by atoms with Gasteiger partial charge >= 0.3 is 0 Å². The van der Waals surface area contributed by atoms with Crippen LogP contribution >= 0.6 is 0 Å². The Kier molecular flexibility index (Phi) is 3.67. The van der Waals surface area contributed by atoms with E-state index < -0.39 is 0 Å². The summed E-state index contributed by atoms with van der Waals surface area (Å²) < 4.78 is 1.76. The Morgan fingerprint density at radius 2 is 1.88 bits per heavy atom. The largest absolute Gasteiger partial charge is 0.399 e. The molecule has 4 N–H and O–H groups in total. The molecular weight excluding hydrogens is 328 g/mol. The van der Waals surface area contributed by atoms with Gasteiger partial charge in [-0.25, -0.2) is 14.6 Å². The number of fused-ring (bicyclic) bond motifs is 1. The lowest BCUT2D eigenvalue weighted by atomic mass is 10.1. The number of hydrogen-bond donors (Lipinski definition) is 2. The van der Waals surface area contributed by atoms with E-state index in [0.717, 1.165) is 16.5 Å². The van der Waals surface area contributed by atoms with Gasteiger partial charge in [0.2, 0.25) is 5.95 Å². The highest BCUT2D eigenvalue weighted by Crippen LogP contribution is 2.27. The summed E-state index contributed by atoms with van der Waals surface area (Å²) in [7, 11) is 0. The van der Waals surface area contributed by atoms with Crippen molar-refractivity contribution in [2.45, 2.75) is 6.54 Å². The second-order valence-corrected chi connectivity index (χ2v) is 5.75. The molecule has 0 fully saturated rings. The minimum Gasteiger partial charge on any atom is -0.399 e. The Morgan fingerprint density at radius 3 is 2.65 bits per heavy atom. The third-order valence-corrected chi connectivity index (χ3v) is 3.97. The Balaban J connectivity index is 1.82. The van der Waals surface area contributed by atoms with Crippen LogP contribution in [0, 0.1) is 11.3 Å². The summed E-state index contributed by atoms with van der Waals surface area (Å²) in [6.07, 6.45) is 3.27. The van der Waals surface area contributed by atoms with Gasteiger partial charge in [-0.2, -0.15) is 15.3 Å². The summed E-state index contributed by atoms with van der Waals surface area (Å²) in [5, 5.41) is 14.3. The number of nitriles is 1. The molecule has 126 valence electrons. The topological polar surface area (TPSA) is 132 Å². The SMILES string of the molecule is N#Cc1cc(-c2nc(N)nc3c2cnn3Cc2ccc(N)cc2)ccn1. The molecule has 8 nitrogen and oxygen atoms in total. The Bertz CT molecular complexity index is 1140. The first-order valence-electron chi connectivity index (χ1n) is 7.84. The van der Waals surface area contributed by atoms with E-state index >= 15 is 0 Å². The molecule has 0 radical (unpaired) electrons. The maximum Gasteiger partial charge on any atom is 0.222 e. The predicted molar refractivity (Wildman–Crippen MR) is 97.6 cm³/mol. The number of pyridine rings is 1. The minimum absolute atomic E-state index is 0.141. The molecule has 0 spiro atoms. The number of nitrogens with zero attached hydrogens (tertiary/aromatic N) is 6. The van der Waals surface area contributed by atoms with Gasteiger partial charge in [-0.05, 0) is 29.8 Å². The fourth-order valence-electron chi connectivity index (χ4n) is 2.74. The second kappa shape index (κ2) is 6.14. The van der Waals surface area contributed by atoms with Gasteiger partial charge in [0.1, 0.15) is 11.8 Å². The molecule has 4 aromatic rings. The van der Waals surface area contributed by atoms with E-state index in [0.29, 0.717) is 29.3 Å². The molecule has 0 atom stereocenters. The summed E-state index contributed by atoms with van der Waals surface area (Å²) >= 11 is 0. The monoisotopic (exact) mass is 342 g/mol. The lowest BCUT2D eigenvalue weighted by Crippen LogP contribution is -2.05. The van der Waals surface area contributed by atoms with Crippen molar-refractivity contribution in [3.63, 3.8) is 0 Å². The molecule has 0 aliphatic rings. The van der Waals surface area contributed by atoms with Crippen molar-refractivity contribution in [3.8, 4) is 17.3 Å². The van der Waals surface area contributed by atoms with Gasteiger partial charge in [-0.1, -0.05) is 12.1 Å². The Labute approximate surface area is 148 Å². The van der Waals surface area contributed by atoms with E-state index in [4.69, 9.17) is 16.7 Å². The van der Waals surface area contributed by atoms with Gasteiger partial charge in [0.25, 0.3) is 0 Å². The van der Waals surface area contributed by atoms with Crippen LogP contribution in [0.5, 0.6) is 0 Å². The molecule has 0 unspecified atom stereocenters. The highest BCUT2D eigenvalue weighted by atomic mass is 15.3. The lowest BCUT2D eigenvalue weighted by Gasteiger charge is -2.07. The number of rotatable bonds is 3. The van der Waals surface area contributed by atoms with Crippen LogP contribution in [0.15, 0.2) is 48.8 Å². The van der Waals surface area contributed by atoms with E-state index in [1.165, 1.54) is 0 Å². The number of aromatic nitrogens is 5. The molecule has 3 heterocycles. The second-order valence-electron chi connectivity index (χ2n) is 5.75. The highest BCUT2D eigenvalue weighted by Gasteiger charge is 2.14. The molecular formula is C18H14N8. The van der Waals surface area contributed by atoms with Crippen LogP contribution in [0.1, 0.15) is 11.3 Å². The smallest absolute Gasteiger partial charge is 0.222 e. The van der Waals surface area contributed by atoms with Crippen LogP contribution in [-0.2, 0) is 6.54 Å². The van der Waals surface area contributed by atoms with Gasteiger partial charge in [-0.3, -0.25) is 0 Å². The molecule has 0 saturated carbocycles. The van der Waals surface area contributed by atoms with Crippen molar-refractivity contribution in [1.29, 1.82) is 5.26 Å². The van der Waals surface area contributed by atoms with Crippen LogP contribution in [0.25, 0.3) is 22.3 Å². The minimum atomic E-state index is 0.141. The maximum absolute atomic E-state index is 9.07. The average molecular weight is 342 g/mol. The summed E-state index contributed by atoms with van der Waals surface area (Å²) in [6.45, 7) is 0.527. The zero-order chi connectivity index (χ0) is 18.1. The maximum atomic E-state index is 9.07. The molecule has 3 aromatic heterocycles. The lowest BCUT2D eigenvalue weighted by molar-refractivity contribution is 0.704. The number of hydrogen-bond acceptors (Lipinski definition) is 7. The van der Waals surface area contributed by atoms with Crippen LogP contribution in [0.4, 0.5) is 11.6 Å². The van der Waals surface area contributed by atoms with E-state index in [1.54, 1.807) is 29.2 Å². The van der Waals surface area contributed by atoms with Crippen LogP contribution in [0.3, 0.4) is 0 Å². The number of benzene rings is 1. The Morgan fingerprint density at radius 1 is 1.08 bits per heavy atom. The fraction of sp³-hybridized carbons (Fsp3) is 0.0556. The summed E-state index contributed by atoms with van der Waals surface area (Å²) in [5.74, 6) is 0.141. The van der Waals surface area contributed by atoms with Crippen molar-refractivity contribution in [2.75, 3.05) is 11.5 Å². The Hall–Kier alpha value is -3.99. The van der Waals surface area contributed by atoms with Crippen LogP contribution < -0.4 is 11.5 Å². The molecule has 1 aromatic carbocycles. The molecule has 0 aliphatic carbocycles. The first-order chi connectivity index (χ1) is 12.6. The van der Waals surface area contributed by atoms with E-state index in [2.05, 4.69) is 20.1 Å². The quantitative estimate of drug-likeness (QED) is 0.544. The van der Waals surface area contributed by atoms with Gasteiger partial charge in [0, 0.05) is 17.4 Å². The number of nitrogen functional groups attached to an aromatic ring is 2. The van der Waals surface area contributed by atoms with Gasteiger partial charge in [0.05, 0.1) is 23.8 Å². The molecule has 8 heteroatoms. The molecule has 4 rings (SSSR count). The zero-order valence-corrected chi connectivity index (χ0v) is 13.7. The fourth-order valence-corrected chi connectivity index (χ4v) is 2.74. The van der Waals surface area contributed by atoms with E-state index in [9.17, 15) is 0 Å². The molecule has 0 aliphatic heterocycles. The van der Waals surface area contributed by atoms with Gasteiger partial charge < -0.3 is 11.5 Å². The molecule has 0 bridgehead atoms. The van der Waals surface area contributed by atoms with Gasteiger partial charge in [0.15, 0.2) is 5.65 Å². The van der Waals surface area contributed by atoms with E-state index in [-0.39, 0.29) is 5.95 Å². The van der Waals surface area contributed by atoms with Crippen molar-refractivity contribution in [1.82, 2.24) is 24.7 Å². The average Bonchev–Trinajstić information content (AvgIpc) is 3.05. The van der Waals surface area contributed by atoms with Crippen molar-refractivity contribution in [2.24, 2.45) is 0 Å². The summed E-state index contributed by atoms with van der Waals surface area (Å²) in [6, 6.07) is 13.0. The molecule has 0 amide bonds. The predicted octanol–water partition coefficient (Wildman–Crippen LogP) is 1.97. The van der Waals surface area contributed by atoms with Crippen LogP contribution in [0.2, 0.25) is 0 Å². The first kappa shape index (κ1) is 15.5. The number of nitrogens with two attached hydrogens (primary N) is 2. The highest BCUT2D eigenvalue weighted by molar-refractivity contribution is 5.91. The zero-order valence-electron chi connectivity index (χ0n) is 13.7. The van der Waals surface area contributed by atoms with Crippen LogP contribution in [-0.4, -0.2) is 24.7 Å². The van der Waals surface area contributed by atoms with E-state index in [1.807, 2.05) is 30.3 Å². The molecule has 0 saturated heterocycles. The third kappa shape index (κ3) is 2.78. The summed E-state index contributed by atoms with van der Waals surface area (Å²) in [5.41, 5.74) is 15.7. The summed E-state index contributed by atoms with van der Waals surface area (Å²) in [4.78, 5) is 12.7. The van der Waals surface area contributed by atoms with Crippen molar-refractivity contribution >= 4 is 22.7 Å². The van der Waals surface area contributed by atoms with Crippen molar-refractivity contribution < 1.29 is 0 Å².